The molecule has 0 saturated carbocycles. The van der Waals surface area contributed by atoms with Crippen LogP contribution in [-0.4, -0.2) is 60.5 Å². The Labute approximate surface area is 160 Å². The lowest BCUT2D eigenvalue weighted by Gasteiger charge is -2.28. The molecule has 7 heteroatoms. The molecule has 0 aliphatic carbocycles. The van der Waals surface area contributed by atoms with E-state index in [2.05, 4.69) is 40.3 Å². The summed E-state index contributed by atoms with van der Waals surface area (Å²) in [6.07, 6.45) is 5.55. The normalized spacial score (nSPS) is 22.8. The van der Waals surface area contributed by atoms with E-state index in [0.29, 0.717) is 12.5 Å². The van der Waals surface area contributed by atoms with Gasteiger partial charge in [-0.05, 0) is 30.5 Å². The third kappa shape index (κ3) is 4.54. The summed E-state index contributed by atoms with van der Waals surface area (Å²) in [5.74, 6) is 2.10. The fourth-order valence-electron chi connectivity index (χ4n) is 3.61. The average molecular weight is 369 g/mol. The van der Waals surface area contributed by atoms with Gasteiger partial charge >= 0.3 is 0 Å². The molecule has 2 aliphatic rings. The highest BCUT2D eigenvalue weighted by atomic mass is 16.5. The van der Waals surface area contributed by atoms with Crippen LogP contribution in [0.2, 0.25) is 0 Å². The Hall–Kier alpha value is -2.25. The molecule has 2 saturated heterocycles. The van der Waals surface area contributed by atoms with Gasteiger partial charge < -0.3 is 19.7 Å². The summed E-state index contributed by atoms with van der Waals surface area (Å²) >= 11 is 0. The molecule has 0 aromatic carbocycles. The molecule has 27 heavy (non-hydrogen) atoms. The maximum absolute atomic E-state index is 5.77. The van der Waals surface area contributed by atoms with Crippen molar-refractivity contribution in [3.8, 4) is 0 Å². The molecule has 2 atom stereocenters. The highest BCUT2D eigenvalue weighted by Crippen LogP contribution is 2.23. The number of hydrogen-bond acceptors (Lipinski definition) is 7. The first kappa shape index (κ1) is 18.1. The Bertz CT molecular complexity index is 736. The van der Waals surface area contributed by atoms with Crippen molar-refractivity contribution < 1.29 is 9.47 Å². The van der Waals surface area contributed by atoms with Gasteiger partial charge in [0.2, 0.25) is 5.95 Å². The zero-order chi connectivity index (χ0) is 18.5. The molecule has 4 rings (SSSR count). The summed E-state index contributed by atoms with van der Waals surface area (Å²) in [5, 5.41) is 3.62. The van der Waals surface area contributed by atoms with Crippen LogP contribution in [0.15, 0.2) is 30.6 Å². The third-order valence-electron chi connectivity index (χ3n) is 5.20. The molecule has 0 amide bonds. The van der Waals surface area contributed by atoms with Gasteiger partial charge in [-0.1, -0.05) is 6.92 Å². The Morgan fingerprint density at radius 2 is 1.93 bits per heavy atom. The zero-order valence-electron chi connectivity index (χ0n) is 15.8. The van der Waals surface area contributed by atoms with E-state index in [1.165, 1.54) is 5.56 Å². The maximum Gasteiger partial charge on any atom is 0.227 e. The van der Waals surface area contributed by atoms with E-state index < -0.39 is 0 Å². The van der Waals surface area contributed by atoms with E-state index in [4.69, 9.17) is 19.4 Å². The van der Waals surface area contributed by atoms with Gasteiger partial charge in [-0.25, -0.2) is 4.98 Å². The fraction of sp³-hybridized carbons (Fsp3) is 0.550. The summed E-state index contributed by atoms with van der Waals surface area (Å²) < 4.78 is 11.2. The second kappa shape index (κ2) is 8.63. The van der Waals surface area contributed by atoms with E-state index in [1.807, 2.05) is 12.4 Å². The summed E-state index contributed by atoms with van der Waals surface area (Å²) in [5.41, 5.74) is 2.34. The number of morpholine rings is 1. The number of pyridine rings is 1. The van der Waals surface area contributed by atoms with Crippen LogP contribution >= 0.6 is 0 Å². The summed E-state index contributed by atoms with van der Waals surface area (Å²) in [6, 6.07) is 6.46. The first-order valence-corrected chi connectivity index (χ1v) is 9.75. The van der Waals surface area contributed by atoms with Crippen molar-refractivity contribution in [3.05, 3.63) is 41.9 Å². The van der Waals surface area contributed by atoms with Gasteiger partial charge in [-0.2, -0.15) is 4.98 Å². The fourth-order valence-corrected chi connectivity index (χ4v) is 3.61. The van der Waals surface area contributed by atoms with Gasteiger partial charge in [0.05, 0.1) is 32.5 Å². The lowest BCUT2D eigenvalue weighted by molar-refractivity contribution is 0.122. The summed E-state index contributed by atoms with van der Waals surface area (Å²) in [7, 11) is 0. The molecule has 2 aliphatic heterocycles. The minimum absolute atomic E-state index is 0.246. The minimum Gasteiger partial charge on any atom is -0.379 e. The lowest BCUT2D eigenvalue weighted by atomic mass is 9.95. The van der Waals surface area contributed by atoms with Crippen LogP contribution in [0.1, 0.15) is 18.2 Å². The van der Waals surface area contributed by atoms with E-state index in [9.17, 15) is 0 Å². The van der Waals surface area contributed by atoms with Crippen LogP contribution in [-0.2, 0) is 22.3 Å². The van der Waals surface area contributed by atoms with Crippen molar-refractivity contribution in [3.63, 3.8) is 0 Å². The molecular formula is C20H27N5O2. The Balaban J connectivity index is 1.48. The molecule has 4 heterocycles. The average Bonchev–Trinajstić information content (AvgIpc) is 3.15. The van der Waals surface area contributed by atoms with E-state index >= 15 is 0 Å². The Morgan fingerprint density at radius 1 is 1.11 bits per heavy atom. The molecule has 1 N–H and O–H groups in total. The van der Waals surface area contributed by atoms with E-state index in [1.54, 1.807) is 0 Å². The molecule has 144 valence electrons. The van der Waals surface area contributed by atoms with Gasteiger partial charge in [0.25, 0.3) is 0 Å². The van der Waals surface area contributed by atoms with Gasteiger partial charge in [0.15, 0.2) is 0 Å². The van der Waals surface area contributed by atoms with Crippen molar-refractivity contribution in [2.75, 3.05) is 49.7 Å². The highest BCUT2D eigenvalue weighted by molar-refractivity contribution is 5.45. The smallest absolute Gasteiger partial charge is 0.227 e. The maximum atomic E-state index is 5.77. The first-order valence-electron chi connectivity index (χ1n) is 9.75. The number of ether oxygens (including phenoxy) is 2. The highest BCUT2D eigenvalue weighted by Gasteiger charge is 2.29. The topological polar surface area (TPSA) is 72.4 Å². The second-order valence-corrected chi connectivity index (χ2v) is 7.11. The van der Waals surface area contributed by atoms with Crippen molar-refractivity contribution in [2.45, 2.75) is 25.8 Å². The molecular weight excluding hydrogens is 342 g/mol. The first-order chi connectivity index (χ1) is 13.3. The van der Waals surface area contributed by atoms with Crippen LogP contribution in [0, 0.1) is 5.92 Å². The SMILES string of the molecule is CCc1cc(N[C@@H]2COC[C@H]2Cc2ccncc2)nc(N2CCOCC2)n1. The van der Waals surface area contributed by atoms with Crippen molar-refractivity contribution in [1.82, 2.24) is 15.0 Å². The van der Waals surface area contributed by atoms with Crippen LogP contribution in [0.25, 0.3) is 0 Å². The van der Waals surface area contributed by atoms with Crippen LogP contribution < -0.4 is 10.2 Å². The second-order valence-electron chi connectivity index (χ2n) is 7.11. The molecule has 0 spiro atoms. The van der Waals surface area contributed by atoms with Gasteiger partial charge in [0.1, 0.15) is 5.82 Å². The predicted molar refractivity (Wildman–Crippen MR) is 104 cm³/mol. The number of nitrogens with zero attached hydrogens (tertiary/aromatic N) is 4. The number of aromatic nitrogens is 3. The number of hydrogen-bond donors (Lipinski definition) is 1. The van der Waals surface area contributed by atoms with E-state index in [0.717, 1.165) is 63.2 Å². The number of aryl methyl sites for hydroxylation is 1. The largest absolute Gasteiger partial charge is 0.379 e. The van der Waals surface area contributed by atoms with Crippen LogP contribution in [0.3, 0.4) is 0 Å². The van der Waals surface area contributed by atoms with Crippen molar-refractivity contribution in [2.24, 2.45) is 5.92 Å². The van der Waals surface area contributed by atoms with Gasteiger partial charge in [-0.3, -0.25) is 4.98 Å². The predicted octanol–water partition coefficient (Wildman–Crippen LogP) is 1.94. The molecule has 2 fully saturated rings. The molecule has 2 aromatic heterocycles. The summed E-state index contributed by atoms with van der Waals surface area (Å²) in [6.45, 7) is 6.73. The van der Waals surface area contributed by atoms with Crippen LogP contribution in [0.5, 0.6) is 0 Å². The molecule has 2 aromatic rings. The number of nitrogens with one attached hydrogen (secondary N) is 1. The quantitative estimate of drug-likeness (QED) is 0.834. The Morgan fingerprint density at radius 3 is 2.70 bits per heavy atom. The number of rotatable bonds is 6. The van der Waals surface area contributed by atoms with Crippen molar-refractivity contribution >= 4 is 11.8 Å². The third-order valence-corrected chi connectivity index (χ3v) is 5.20. The van der Waals surface area contributed by atoms with Gasteiger partial charge in [0, 0.05) is 43.2 Å². The molecule has 0 bridgehead atoms. The number of anilines is 2. The standard InChI is InChI=1S/C20H27N5O2/c1-2-17-12-19(24-20(22-17)25-7-9-26-10-8-25)23-18-14-27-13-16(18)11-15-3-5-21-6-4-15/h3-6,12,16,18H,2,7-11,13-14H2,1H3,(H,22,23,24)/t16-,18-/m1/s1. The van der Waals surface area contributed by atoms with E-state index in [-0.39, 0.29) is 6.04 Å². The Kier molecular flexibility index (Phi) is 5.79. The zero-order valence-corrected chi connectivity index (χ0v) is 15.8. The van der Waals surface area contributed by atoms with Gasteiger partial charge in [-0.15, -0.1) is 0 Å². The molecule has 0 radical (unpaired) electrons. The van der Waals surface area contributed by atoms with Crippen LogP contribution in [0.4, 0.5) is 11.8 Å². The van der Waals surface area contributed by atoms with Crippen molar-refractivity contribution in [1.29, 1.82) is 0 Å². The molecule has 0 unspecified atom stereocenters. The monoisotopic (exact) mass is 369 g/mol. The molecule has 7 nitrogen and oxygen atoms in total. The summed E-state index contributed by atoms with van der Waals surface area (Å²) in [4.78, 5) is 15.8. The lowest BCUT2D eigenvalue weighted by Crippen LogP contribution is -2.38. The minimum atomic E-state index is 0.246.